The minimum atomic E-state index is -0.864. The Balaban J connectivity index is 0.000000181. The molecule has 4 aromatic carbocycles. The maximum Gasteiger partial charge on any atom is 0.241 e. The SMILES string of the molecule is COc1ccccc1-c1n[nH]c2cc(Oc3ccc(F)cc3F)nnc12.COc1ccccc1C(=O)c1nnc(Oc2ccc(F)cc2F)cc1SC. The van der Waals surface area contributed by atoms with Gasteiger partial charge in [0.25, 0.3) is 0 Å². The highest BCUT2D eigenvalue weighted by Gasteiger charge is 2.21. The summed E-state index contributed by atoms with van der Waals surface area (Å²) in [6.45, 7) is 0. The van der Waals surface area contributed by atoms with Crippen LogP contribution in [-0.4, -0.2) is 56.9 Å². The standard InChI is InChI=1S/C19H14F2N2O3S.C18H12F2N4O2/c1-25-14-6-4-3-5-12(14)19(24)18-16(27-2)10-17(22-23-18)26-15-8-7-11(20)9-13(15)21;1-25-14-5-3-2-4-11(14)17-18-13(21-23-17)9-16(22-24-18)26-15-7-6-10(19)8-12(15)20/h3-10H,1-2H3;2-9H,1H3,(H,21,23). The molecule has 0 aliphatic heterocycles. The lowest BCUT2D eigenvalue weighted by Gasteiger charge is -2.10. The Morgan fingerprint density at radius 2 is 1.25 bits per heavy atom. The van der Waals surface area contributed by atoms with E-state index in [9.17, 15) is 22.4 Å². The molecule has 11 nitrogen and oxygen atoms in total. The van der Waals surface area contributed by atoms with E-state index in [0.29, 0.717) is 44.8 Å². The molecule has 0 amide bonds. The lowest BCUT2D eigenvalue weighted by Crippen LogP contribution is -2.09. The summed E-state index contributed by atoms with van der Waals surface area (Å²) in [5.41, 5.74) is 2.87. The molecular weight excluding hydrogens is 717 g/mol. The van der Waals surface area contributed by atoms with Crippen LogP contribution in [0.25, 0.3) is 22.3 Å². The van der Waals surface area contributed by atoms with Crippen molar-refractivity contribution in [3.8, 4) is 46.0 Å². The third-order valence-corrected chi connectivity index (χ3v) is 8.14. The fraction of sp³-hybridized carbons (Fsp3) is 0.0811. The van der Waals surface area contributed by atoms with Gasteiger partial charge in [-0.15, -0.1) is 32.2 Å². The van der Waals surface area contributed by atoms with Gasteiger partial charge in [-0.2, -0.15) is 5.10 Å². The Bertz CT molecular complexity index is 2430. The molecule has 53 heavy (non-hydrogen) atoms. The number of benzene rings is 4. The van der Waals surface area contributed by atoms with Gasteiger partial charge in [-0.3, -0.25) is 9.89 Å². The number of thioether (sulfide) groups is 1. The number of fused-ring (bicyclic) bond motifs is 1. The molecule has 0 radical (unpaired) electrons. The zero-order chi connectivity index (χ0) is 37.5. The molecule has 0 atom stereocenters. The first-order chi connectivity index (χ1) is 25.7. The number of rotatable bonds is 10. The van der Waals surface area contributed by atoms with Crippen LogP contribution in [0.1, 0.15) is 16.1 Å². The maximum atomic E-state index is 13.7. The van der Waals surface area contributed by atoms with Gasteiger partial charge in [-0.25, -0.2) is 17.6 Å². The molecule has 0 aliphatic carbocycles. The molecule has 0 spiro atoms. The van der Waals surface area contributed by atoms with Crippen molar-refractivity contribution in [2.75, 3.05) is 20.5 Å². The molecule has 7 aromatic rings. The highest BCUT2D eigenvalue weighted by atomic mass is 32.2. The van der Waals surface area contributed by atoms with Crippen LogP contribution in [0.3, 0.4) is 0 Å². The highest BCUT2D eigenvalue weighted by Crippen LogP contribution is 2.34. The van der Waals surface area contributed by atoms with E-state index >= 15 is 0 Å². The number of halogens is 4. The van der Waals surface area contributed by atoms with E-state index in [-0.39, 0.29) is 34.7 Å². The molecule has 0 aliphatic rings. The predicted molar refractivity (Wildman–Crippen MR) is 187 cm³/mol. The summed E-state index contributed by atoms with van der Waals surface area (Å²) >= 11 is 1.27. The van der Waals surface area contributed by atoms with E-state index in [2.05, 4.69) is 30.6 Å². The van der Waals surface area contributed by atoms with Gasteiger partial charge in [-0.1, -0.05) is 24.3 Å². The molecule has 1 N–H and O–H groups in total. The molecule has 7 rings (SSSR count). The molecule has 16 heteroatoms. The monoisotopic (exact) mass is 742 g/mol. The van der Waals surface area contributed by atoms with Crippen molar-refractivity contribution in [2.45, 2.75) is 4.90 Å². The van der Waals surface area contributed by atoms with Crippen molar-refractivity contribution >= 4 is 28.6 Å². The number of nitrogens with one attached hydrogen (secondary N) is 1. The minimum Gasteiger partial charge on any atom is -0.496 e. The quantitative estimate of drug-likeness (QED) is 0.0820. The van der Waals surface area contributed by atoms with E-state index in [1.807, 2.05) is 24.3 Å². The van der Waals surface area contributed by atoms with Crippen LogP contribution in [0.4, 0.5) is 17.6 Å². The molecule has 0 saturated heterocycles. The van der Waals surface area contributed by atoms with E-state index in [0.717, 1.165) is 29.8 Å². The fourth-order valence-corrected chi connectivity index (χ4v) is 5.45. The minimum absolute atomic E-state index is 0.0126. The second-order valence-corrected chi connectivity index (χ2v) is 11.5. The summed E-state index contributed by atoms with van der Waals surface area (Å²) in [5, 5.41) is 23.0. The van der Waals surface area contributed by atoms with Gasteiger partial charge < -0.3 is 18.9 Å². The lowest BCUT2D eigenvalue weighted by atomic mass is 10.1. The van der Waals surface area contributed by atoms with Gasteiger partial charge in [-0.05, 0) is 54.8 Å². The average Bonchev–Trinajstić information content (AvgIpc) is 3.60. The first kappa shape index (κ1) is 36.2. The molecule has 0 saturated carbocycles. The Hall–Kier alpha value is -6.55. The topological polar surface area (TPSA) is 134 Å². The first-order valence-corrected chi connectivity index (χ1v) is 16.6. The molecule has 3 aromatic heterocycles. The van der Waals surface area contributed by atoms with Gasteiger partial charge in [0.15, 0.2) is 23.1 Å². The number of aromatic nitrogens is 6. The van der Waals surface area contributed by atoms with E-state index < -0.39 is 23.3 Å². The number of carbonyl (C=O) groups excluding carboxylic acids is 1. The van der Waals surface area contributed by atoms with Crippen molar-refractivity contribution in [3.63, 3.8) is 0 Å². The number of ketones is 1. The normalized spacial score (nSPS) is 10.7. The Morgan fingerprint density at radius 3 is 1.87 bits per heavy atom. The van der Waals surface area contributed by atoms with Gasteiger partial charge in [0.05, 0.1) is 25.3 Å². The van der Waals surface area contributed by atoms with E-state index in [1.54, 1.807) is 37.6 Å². The third kappa shape index (κ3) is 8.18. The van der Waals surface area contributed by atoms with E-state index in [1.165, 1.54) is 37.1 Å². The van der Waals surface area contributed by atoms with Gasteiger partial charge in [0.2, 0.25) is 17.5 Å². The Labute approximate surface area is 302 Å². The summed E-state index contributed by atoms with van der Waals surface area (Å²) in [4.78, 5) is 13.3. The van der Waals surface area contributed by atoms with E-state index in [4.69, 9.17) is 18.9 Å². The van der Waals surface area contributed by atoms with Gasteiger partial charge in [0, 0.05) is 34.7 Å². The second-order valence-electron chi connectivity index (χ2n) is 10.7. The number of methoxy groups -OCH3 is 2. The number of aromatic amines is 1. The summed E-state index contributed by atoms with van der Waals surface area (Å²) < 4.78 is 74.7. The largest absolute Gasteiger partial charge is 0.496 e. The number of hydrogen-bond acceptors (Lipinski definition) is 11. The van der Waals surface area contributed by atoms with Crippen LogP contribution in [-0.2, 0) is 0 Å². The number of hydrogen-bond donors (Lipinski definition) is 1. The fourth-order valence-electron chi connectivity index (χ4n) is 4.90. The maximum absolute atomic E-state index is 13.7. The smallest absolute Gasteiger partial charge is 0.241 e. The summed E-state index contributed by atoms with van der Waals surface area (Å²) in [6.07, 6.45) is 1.76. The van der Waals surface area contributed by atoms with Crippen LogP contribution in [0.2, 0.25) is 0 Å². The van der Waals surface area contributed by atoms with Crippen molar-refractivity contribution in [2.24, 2.45) is 0 Å². The van der Waals surface area contributed by atoms with Gasteiger partial charge >= 0.3 is 0 Å². The number of nitrogens with zero attached hydrogens (tertiary/aromatic N) is 5. The summed E-state index contributed by atoms with van der Waals surface area (Å²) in [6, 6.07) is 23.1. The van der Waals surface area contributed by atoms with Crippen LogP contribution in [0, 0.1) is 23.3 Å². The van der Waals surface area contributed by atoms with Crippen LogP contribution in [0.5, 0.6) is 34.8 Å². The first-order valence-electron chi connectivity index (χ1n) is 15.4. The molecule has 3 heterocycles. The van der Waals surface area contributed by atoms with Crippen molar-refractivity contribution in [1.29, 1.82) is 0 Å². The number of carbonyl (C=O) groups is 1. The Morgan fingerprint density at radius 1 is 0.660 bits per heavy atom. The summed E-state index contributed by atoms with van der Waals surface area (Å²) in [5.74, 6) is -2.68. The van der Waals surface area contributed by atoms with Crippen molar-refractivity contribution in [3.05, 3.63) is 132 Å². The number of H-pyrrole nitrogens is 1. The molecule has 0 fully saturated rings. The zero-order valence-corrected chi connectivity index (χ0v) is 28.8. The van der Waals surface area contributed by atoms with Crippen molar-refractivity contribution in [1.82, 2.24) is 30.6 Å². The molecule has 0 bridgehead atoms. The predicted octanol–water partition coefficient (Wildman–Crippen LogP) is 8.61. The second kappa shape index (κ2) is 16.2. The Kier molecular flexibility index (Phi) is 11.1. The average molecular weight is 743 g/mol. The molecule has 0 unspecified atom stereocenters. The van der Waals surface area contributed by atoms with Crippen molar-refractivity contribution < 1.29 is 41.3 Å². The number of para-hydroxylation sites is 2. The van der Waals surface area contributed by atoms with Crippen LogP contribution < -0.4 is 18.9 Å². The van der Waals surface area contributed by atoms with Crippen LogP contribution in [0.15, 0.2) is 102 Å². The number of ether oxygens (including phenoxy) is 4. The lowest BCUT2D eigenvalue weighted by molar-refractivity contribution is 0.102. The van der Waals surface area contributed by atoms with Gasteiger partial charge in [0.1, 0.15) is 40.0 Å². The molecule has 268 valence electrons. The van der Waals surface area contributed by atoms with Crippen LogP contribution >= 0.6 is 11.8 Å². The summed E-state index contributed by atoms with van der Waals surface area (Å²) in [7, 11) is 3.05. The zero-order valence-electron chi connectivity index (χ0n) is 27.9. The molecular formula is C37H26F4N6O5S. The highest BCUT2D eigenvalue weighted by molar-refractivity contribution is 7.98. The third-order valence-electron chi connectivity index (χ3n) is 7.39.